The van der Waals surface area contributed by atoms with Gasteiger partial charge in [0.1, 0.15) is 5.76 Å². The van der Waals surface area contributed by atoms with E-state index in [9.17, 15) is 21.6 Å². The molecule has 0 aromatic rings. The van der Waals surface area contributed by atoms with Crippen LogP contribution in [-0.2, 0) is 14.3 Å². The summed E-state index contributed by atoms with van der Waals surface area (Å²) in [6, 6.07) is 0. The normalized spacial score (nSPS) is 40.5. The van der Waals surface area contributed by atoms with Crippen LogP contribution >= 0.6 is 0 Å². The largest absolute Gasteiger partial charge is 0.534 e. The van der Waals surface area contributed by atoms with Gasteiger partial charge in [0.2, 0.25) is 0 Å². The average Bonchev–Trinajstić information content (AvgIpc) is 3.10. The third-order valence-corrected chi connectivity index (χ3v) is 11.9. The lowest BCUT2D eigenvalue weighted by Crippen LogP contribution is -2.52. The first-order chi connectivity index (χ1) is 16.2. The van der Waals surface area contributed by atoms with Crippen LogP contribution in [0.1, 0.15) is 105 Å². The summed E-state index contributed by atoms with van der Waals surface area (Å²) in [4.78, 5) is 0. The topological polar surface area (TPSA) is 43.4 Å². The molecule has 0 aliphatic heterocycles. The molecule has 0 bridgehead atoms. The molecule has 3 saturated carbocycles. The van der Waals surface area contributed by atoms with E-state index in [1.165, 1.54) is 44.9 Å². The summed E-state index contributed by atoms with van der Waals surface area (Å²) in [5, 5.41) is 0. The number of hydrogen-bond acceptors (Lipinski definition) is 3. The van der Waals surface area contributed by atoms with Gasteiger partial charge in [0.15, 0.2) is 0 Å². The molecule has 3 nitrogen and oxygen atoms in total. The Bertz CT molecular complexity index is 911. The average molecular weight is 519 g/mol. The van der Waals surface area contributed by atoms with E-state index in [4.69, 9.17) is 0 Å². The first kappa shape index (κ1) is 27.3. The fourth-order valence-electron chi connectivity index (χ4n) is 9.11. The Labute approximate surface area is 210 Å². The maximum absolute atomic E-state index is 12.8. The molecule has 8 atom stereocenters. The summed E-state index contributed by atoms with van der Waals surface area (Å²) in [5.74, 6) is 4.38. The molecule has 0 aromatic carbocycles. The van der Waals surface area contributed by atoms with Crippen LogP contribution in [-0.4, -0.2) is 13.9 Å². The van der Waals surface area contributed by atoms with Crippen LogP contribution in [0.5, 0.6) is 0 Å². The maximum atomic E-state index is 12.8. The summed E-state index contributed by atoms with van der Waals surface area (Å²) in [6.07, 6.45) is 13.7. The van der Waals surface area contributed by atoms with E-state index >= 15 is 0 Å². The predicted molar refractivity (Wildman–Crippen MR) is 133 cm³/mol. The second-order valence-corrected chi connectivity index (χ2v) is 14.8. The molecule has 3 fully saturated rings. The molecule has 4 aliphatic carbocycles. The van der Waals surface area contributed by atoms with E-state index in [0.717, 1.165) is 36.5 Å². The molecular formula is C28H45F3O3S. The molecule has 7 heteroatoms. The fourth-order valence-corrected chi connectivity index (χ4v) is 9.63. The first-order valence-corrected chi connectivity index (χ1v) is 15.3. The zero-order valence-corrected chi connectivity index (χ0v) is 23.0. The standard InChI is InChI=1S/C28H45F3O3S/c1-18(2)7-6-8-19(3)23-11-12-24-22-10-9-20-17-21(34-35(32,33)28(29,30)31)13-15-26(20,4)25(22)14-16-27(23,24)5/h17-20,22-25H,6-16H2,1-5H3/t19-,20?,22+,23-,24+,25+,26+,27-/m1/s1. The lowest BCUT2D eigenvalue weighted by atomic mass is 9.45. The highest BCUT2D eigenvalue weighted by molar-refractivity contribution is 7.87. The highest BCUT2D eigenvalue weighted by atomic mass is 32.2. The molecule has 35 heavy (non-hydrogen) atoms. The van der Waals surface area contributed by atoms with Crippen molar-refractivity contribution in [1.82, 2.24) is 0 Å². The van der Waals surface area contributed by atoms with Gasteiger partial charge in [-0.1, -0.05) is 53.9 Å². The Morgan fingerprint density at radius 2 is 1.66 bits per heavy atom. The number of allylic oxidation sites excluding steroid dienone is 2. The Hall–Kier alpha value is -0.720. The number of fused-ring (bicyclic) bond motifs is 5. The van der Waals surface area contributed by atoms with Crippen molar-refractivity contribution < 1.29 is 25.8 Å². The van der Waals surface area contributed by atoms with Gasteiger partial charge in [0, 0.05) is 6.42 Å². The summed E-state index contributed by atoms with van der Waals surface area (Å²) in [7, 11) is -5.59. The summed E-state index contributed by atoms with van der Waals surface area (Å²) in [6.45, 7) is 12.0. The molecule has 0 aromatic heterocycles. The van der Waals surface area contributed by atoms with Gasteiger partial charge in [0.25, 0.3) is 0 Å². The van der Waals surface area contributed by atoms with Gasteiger partial charge in [-0.3, -0.25) is 0 Å². The minimum absolute atomic E-state index is 0.0138. The Morgan fingerprint density at radius 3 is 2.31 bits per heavy atom. The third-order valence-electron chi connectivity index (χ3n) is 10.9. The molecule has 4 aliphatic rings. The smallest absolute Gasteiger partial charge is 0.381 e. The molecule has 4 rings (SSSR count). The van der Waals surface area contributed by atoms with Crippen molar-refractivity contribution in [3.05, 3.63) is 11.8 Å². The van der Waals surface area contributed by atoms with Crippen LogP contribution in [0.2, 0.25) is 0 Å². The number of rotatable bonds is 7. The summed E-state index contributed by atoms with van der Waals surface area (Å²) >= 11 is 0. The zero-order chi connectivity index (χ0) is 25.8. The second-order valence-electron chi connectivity index (χ2n) is 13.2. The predicted octanol–water partition coefficient (Wildman–Crippen LogP) is 8.47. The van der Waals surface area contributed by atoms with Gasteiger partial charge in [0.05, 0.1) is 0 Å². The van der Waals surface area contributed by atoms with E-state index in [-0.39, 0.29) is 23.5 Å². The molecular weight excluding hydrogens is 473 g/mol. The highest BCUT2D eigenvalue weighted by Crippen LogP contribution is 2.68. The molecule has 0 amide bonds. The van der Waals surface area contributed by atoms with Gasteiger partial charge >= 0.3 is 15.6 Å². The van der Waals surface area contributed by atoms with E-state index in [2.05, 4.69) is 38.8 Å². The van der Waals surface area contributed by atoms with Crippen molar-refractivity contribution in [3.63, 3.8) is 0 Å². The van der Waals surface area contributed by atoms with Crippen molar-refractivity contribution in [3.8, 4) is 0 Å². The van der Waals surface area contributed by atoms with Crippen LogP contribution in [0.3, 0.4) is 0 Å². The van der Waals surface area contributed by atoms with E-state index < -0.39 is 15.6 Å². The van der Waals surface area contributed by atoms with Crippen molar-refractivity contribution in [2.45, 2.75) is 111 Å². The molecule has 0 N–H and O–H groups in total. The van der Waals surface area contributed by atoms with Gasteiger partial charge in [-0.15, -0.1) is 0 Å². The fraction of sp³-hybridized carbons (Fsp3) is 0.929. The quantitative estimate of drug-likeness (QED) is 0.251. The van der Waals surface area contributed by atoms with Crippen LogP contribution in [0, 0.1) is 52.3 Å². The lowest BCUT2D eigenvalue weighted by molar-refractivity contribution is -0.0980. The van der Waals surface area contributed by atoms with E-state index in [1.807, 2.05) is 0 Å². The number of hydrogen-bond donors (Lipinski definition) is 0. The Balaban J connectivity index is 1.46. The van der Waals surface area contributed by atoms with Crippen LogP contribution in [0.15, 0.2) is 11.8 Å². The zero-order valence-electron chi connectivity index (χ0n) is 22.2. The minimum Gasteiger partial charge on any atom is -0.381 e. The SMILES string of the molecule is CC(C)CCC[C@@H](C)[C@H]1CC[C@H]2[C@@H]3CCC4C=C(OS(=O)(=O)C(F)(F)F)CC[C@]4(C)[C@H]3CC[C@]12C. The molecule has 202 valence electrons. The van der Waals surface area contributed by atoms with Gasteiger partial charge in [-0.05, 0) is 103 Å². The van der Waals surface area contributed by atoms with E-state index in [1.54, 1.807) is 6.08 Å². The number of halogens is 3. The van der Waals surface area contributed by atoms with Crippen molar-refractivity contribution in [2.75, 3.05) is 0 Å². The lowest BCUT2D eigenvalue weighted by Gasteiger charge is -2.60. The molecule has 0 heterocycles. The van der Waals surface area contributed by atoms with Gasteiger partial charge in [-0.2, -0.15) is 21.6 Å². The Kier molecular flexibility index (Phi) is 7.45. The van der Waals surface area contributed by atoms with Crippen molar-refractivity contribution in [1.29, 1.82) is 0 Å². The van der Waals surface area contributed by atoms with Crippen LogP contribution in [0.4, 0.5) is 13.2 Å². The van der Waals surface area contributed by atoms with Gasteiger partial charge in [-0.25, -0.2) is 0 Å². The van der Waals surface area contributed by atoms with Crippen molar-refractivity contribution >= 4 is 10.1 Å². The second kappa shape index (κ2) is 9.54. The monoisotopic (exact) mass is 518 g/mol. The maximum Gasteiger partial charge on any atom is 0.534 e. The highest BCUT2D eigenvalue weighted by Gasteiger charge is 2.60. The van der Waals surface area contributed by atoms with Crippen LogP contribution < -0.4 is 0 Å². The Morgan fingerprint density at radius 1 is 0.971 bits per heavy atom. The molecule has 0 spiro atoms. The summed E-state index contributed by atoms with van der Waals surface area (Å²) < 4.78 is 66.1. The summed E-state index contributed by atoms with van der Waals surface area (Å²) in [5.41, 5.74) is -4.97. The van der Waals surface area contributed by atoms with E-state index in [0.29, 0.717) is 23.7 Å². The molecule has 0 saturated heterocycles. The van der Waals surface area contributed by atoms with Gasteiger partial charge < -0.3 is 4.18 Å². The van der Waals surface area contributed by atoms with Crippen molar-refractivity contribution in [2.24, 2.45) is 52.3 Å². The first-order valence-electron chi connectivity index (χ1n) is 13.9. The number of alkyl halides is 3. The third kappa shape index (κ3) is 4.93. The minimum atomic E-state index is -5.59. The molecule has 0 radical (unpaired) electrons. The molecule has 1 unspecified atom stereocenters. The van der Waals surface area contributed by atoms with Crippen LogP contribution in [0.25, 0.3) is 0 Å².